The number of esters is 4. The van der Waals surface area contributed by atoms with Gasteiger partial charge in [0.2, 0.25) is 0 Å². The molecule has 1 aromatic rings. The Morgan fingerprint density at radius 2 is 1.45 bits per heavy atom. The Kier molecular flexibility index (Phi) is 7.68. The van der Waals surface area contributed by atoms with Gasteiger partial charge in [-0.05, 0) is 12.1 Å². The first-order valence-electron chi connectivity index (χ1n) is 8.76. The maximum absolute atomic E-state index is 12.5. The van der Waals surface area contributed by atoms with Crippen molar-refractivity contribution in [3.05, 3.63) is 35.9 Å². The zero-order valence-electron chi connectivity index (χ0n) is 16.1. The van der Waals surface area contributed by atoms with Gasteiger partial charge in [-0.3, -0.25) is 14.4 Å². The molecule has 5 atom stereocenters. The summed E-state index contributed by atoms with van der Waals surface area (Å²) in [7, 11) is 0. The van der Waals surface area contributed by atoms with Crippen molar-refractivity contribution in [1.29, 1.82) is 0 Å². The lowest BCUT2D eigenvalue weighted by atomic mass is 9.98. The zero-order valence-corrected chi connectivity index (χ0v) is 16.1. The van der Waals surface area contributed by atoms with Crippen molar-refractivity contribution >= 4 is 23.9 Å². The molecular weight excluding hydrogens is 388 g/mol. The molecule has 1 aliphatic heterocycles. The number of hydrogen-bond donors (Lipinski definition) is 1. The fourth-order valence-corrected chi connectivity index (χ4v) is 2.78. The van der Waals surface area contributed by atoms with E-state index in [0.29, 0.717) is 0 Å². The smallest absolute Gasteiger partial charge is 0.338 e. The van der Waals surface area contributed by atoms with Gasteiger partial charge in [0.25, 0.3) is 0 Å². The van der Waals surface area contributed by atoms with Gasteiger partial charge in [0.05, 0.1) is 5.56 Å². The van der Waals surface area contributed by atoms with Crippen molar-refractivity contribution in [1.82, 2.24) is 0 Å². The molecule has 0 aromatic heterocycles. The topological polar surface area (TPSA) is 135 Å². The minimum atomic E-state index is -1.72. The predicted octanol–water partition coefficient (Wildman–Crippen LogP) is 0.356. The van der Waals surface area contributed by atoms with Crippen LogP contribution in [0.2, 0.25) is 0 Å². The molecule has 0 aliphatic carbocycles. The van der Waals surface area contributed by atoms with Gasteiger partial charge in [-0.2, -0.15) is 0 Å². The van der Waals surface area contributed by atoms with Gasteiger partial charge in [-0.25, -0.2) is 4.79 Å². The lowest BCUT2D eigenvalue weighted by Crippen LogP contribution is -2.62. The fraction of sp³-hybridized carbons (Fsp3) is 0.474. The molecule has 0 bridgehead atoms. The Labute approximate surface area is 166 Å². The fourth-order valence-electron chi connectivity index (χ4n) is 2.78. The van der Waals surface area contributed by atoms with Gasteiger partial charge in [0.15, 0.2) is 24.6 Å². The summed E-state index contributed by atoms with van der Waals surface area (Å²) in [4.78, 5) is 46.8. The van der Waals surface area contributed by atoms with Crippen LogP contribution >= 0.6 is 0 Å². The highest BCUT2D eigenvalue weighted by atomic mass is 16.7. The second-order valence-corrected chi connectivity index (χ2v) is 6.25. The Balaban J connectivity index is 2.35. The van der Waals surface area contributed by atoms with Crippen LogP contribution in [0.25, 0.3) is 0 Å². The number of rotatable bonds is 6. The molecule has 29 heavy (non-hydrogen) atoms. The highest BCUT2D eigenvalue weighted by Crippen LogP contribution is 2.28. The van der Waals surface area contributed by atoms with E-state index in [1.165, 1.54) is 12.1 Å². The van der Waals surface area contributed by atoms with Crippen molar-refractivity contribution in [3.8, 4) is 0 Å². The number of carbonyl (C=O) groups is 4. The highest BCUT2D eigenvalue weighted by Gasteiger charge is 2.52. The summed E-state index contributed by atoms with van der Waals surface area (Å²) in [5, 5.41) is 10.3. The van der Waals surface area contributed by atoms with Gasteiger partial charge in [-0.1, -0.05) is 18.2 Å². The van der Waals surface area contributed by atoms with Crippen molar-refractivity contribution < 1.29 is 48.0 Å². The molecule has 0 saturated carbocycles. The van der Waals surface area contributed by atoms with Crippen molar-refractivity contribution in [2.75, 3.05) is 6.61 Å². The number of aliphatic hydroxyl groups is 1. The third kappa shape index (κ3) is 6.26. The number of aliphatic hydroxyl groups excluding tert-OH is 1. The minimum absolute atomic E-state index is 0.188. The summed E-state index contributed by atoms with van der Waals surface area (Å²) in [5.41, 5.74) is 0.188. The first-order valence-corrected chi connectivity index (χ1v) is 8.76. The molecule has 1 unspecified atom stereocenters. The van der Waals surface area contributed by atoms with E-state index >= 15 is 0 Å². The summed E-state index contributed by atoms with van der Waals surface area (Å²) >= 11 is 0. The molecule has 158 valence electrons. The van der Waals surface area contributed by atoms with Crippen LogP contribution in [0, 0.1) is 0 Å². The molecule has 1 fully saturated rings. The number of benzene rings is 1. The zero-order chi connectivity index (χ0) is 21.6. The second-order valence-electron chi connectivity index (χ2n) is 6.25. The largest absolute Gasteiger partial charge is 0.463 e. The molecule has 0 radical (unpaired) electrons. The molecule has 2 rings (SSSR count). The summed E-state index contributed by atoms with van der Waals surface area (Å²) < 4.78 is 25.9. The molecular formula is C19H22O10. The summed E-state index contributed by atoms with van der Waals surface area (Å²) in [5.74, 6) is -2.96. The van der Waals surface area contributed by atoms with E-state index in [1.807, 2.05) is 0 Å². The summed E-state index contributed by atoms with van der Waals surface area (Å²) in [6.07, 6.45) is -7.09. The van der Waals surface area contributed by atoms with Crippen LogP contribution < -0.4 is 0 Å². The van der Waals surface area contributed by atoms with E-state index in [9.17, 15) is 24.3 Å². The van der Waals surface area contributed by atoms with E-state index in [2.05, 4.69) is 0 Å². The normalized spacial score (nSPS) is 26.1. The Morgan fingerprint density at radius 3 is 2.00 bits per heavy atom. The average molecular weight is 410 g/mol. The number of carbonyl (C=O) groups excluding carboxylic acids is 4. The Hall–Kier alpha value is -2.98. The number of ether oxygens (including phenoxy) is 5. The van der Waals surface area contributed by atoms with E-state index < -0.39 is 61.2 Å². The molecule has 10 nitrogen and oxygen atoms in total. The van der Waals surface area contributed by atoms with Crippen LogP contribution in [-0.2, 0) is 38.1 Å². The van der Waals surface area contributed by atoms with E-state index in [4.69, 9.17) is 23.7 Å². The van der Waals surface area contributed by atoms with Crippen LogP contribution in [-0.4, -0.2) is 66.3 Å². The van der Waals surface area contributed by atoms with Crippen LogP contribution in [0.4, 0.5) is 0 Å². The van der Waals surface area contributed by atoms with Crippen LogP contribution in [0.3, 0.4) is 0 Å². The standard InChI is InChI=1S/C19H22O10/c1-10(20)25-9-14-15(26-11(2)21)16(17(19(24)28-14)27-12(3)22)29-18(23)13-7-5-4-6-8-13/h4-8,14-17,19,24H,9H2,1-3H3/t14-,15+,16-,17+,19?/m0/s1. The van der Waals surface area contributed by atoms with Gasteiger partial charge >= 0.3 is 23.9 Å². The Morgan fingerprint density at radius 1 is 0.862 bits per heavy atom. The van der Waals surface area contributed by atoms with Crippen LogP contribution in [0.5, 0.6) is 0 Å². The molecule has 1 saturated heterocycles. The molecule has 0 amide bonds. The third-order valence-corrected chi connectivity index (χ3v) is 3.92. The molecule has 10 heteroatoms. The lowest BCUT2D eigenvalue weighted by Gasteiger charge is -2.42. The molecule has 1 aromatic carbocycles. The van der Waals surface area contributed by atoms with Gasteiger partial charge in [0.1, 0.15) is 12.7 Å². The third-order valence-electron chi connectivity index (χ3n) is 3.92. The van der Waals surface area contributed by atoms with Crippen LogP contribution in [0.1, 0.15) is 31.1 Å². The summed E-state index contributed by atoms with van der Waals surface area (Å²) in [6.45, 7) is 2.98. The van der Waals surface area contributed by atoms with E-state index in [1.54, 1.807) is 18.2 Å². The van der Waals surface area contributed by atoms with Crippen molar-refractivity contribution in [2.45, 2.75) is 51.5 Å². The minimum Gasteiger partial charge on any atom is -0.463 e. The summed E-state index contributed by atoms with van der Waals surface area (Å²) in [6, 6.07) is 7.93. The highest BCUT2D eigenvalue weighted by molar-refractivity contribution is 5.89. The van der Waals surface area contributed by atoms with Crippen LogP contribution in [0.15, 0.2) is 30.3 Å². The quantitative estimate of drug-likeness (QED) is 0.517. The lowest BCUT2D eigenvalue weighted by molar-refractivity contribution is -0.292. The van der Waals surface area contributed by atoms with Gasteiger partial charge in [-0.15, -0.1) is 0 Å². The molecule has 0 spiro atoms. The monoisotopic (exact) mass is 410 g/mol. The Bertz CT molecular complexity index is 747. The van der Waals surface area contributed by atoms with Crippen molar-refractivity contribution in [2.24, 2.45) is 0 Å². The first kappa shape index (κ1) is 22.3. The van der Waals surface area contributed by atoms with Gasteiger partial charge in [0, 0.05) is 20.8 Å². The molecule has 1 N–H and O–H groups in total. The van der Waals surface area contributed by atoms with E-state index in [0.717, 1.165) is 20.8 Å². The molecule has 1 aliphatic rings. The predicted molar refractivity (Wildman–Crippen MR) is 94.3 cm³/mol. The SMILES string of the molecule is CC(=O)OC[C@@H]1OC(O)[C@H](OC(C)=O)[C@@H](OC(=O)c2ccccc2)[C@@H]1OC(C)=O. The average Bonchev–Trinajstić information content (AvgIpc) is 2.65. The van der Waals surface area contributed by atoms with Crippen molar-refractivity contribution in [3.63, 3.8) is 0 Å². The maximum Gasteiger partial charge on any atom is 0.338 e. The second kappa shape index (κ2) is 9.99. The number of hydrogen-bond acceptors (Lipinski definition) is 10. The van der Waals surface area contributed by atoms with E-state index in [-0.39, 0.29) is 5.56 Å². The first-order chi connectivity index (χ1) is 13.7. The molecule has 1 heterocycles. The van der Waals surface area contributed by atoms with Gasteiger partial charge < -0.3 is 28.8 Å². The maximum atomic E-state index is 12.5.